The minimum atomic E-state index is -0.109. The monoisotopic (exact) mass is 267 g/mol. The van der Waals surface area contributed by atoms with E-state index in [1.807, 2.05) is 30.3 Å². The summed E-state index contributed by atoms with van der Waals surface area (Å²) in [5.74, 6) is 0.317. The molecule has 0 aliphatic heterocycles. The molecule has 20 heavy (non-hydrogen) atoms. The Kier molecular flexibility index (Phi) is 2.83. The van der Waals surface area contributed by atoms with Gasteiger partial charge < -0.3 is 11.1 Å². The van der Waals surface area contributed by atoms with Crippen LogP contribution in [0.25, 0.3) is 16.9 Å². The number of aromatic nitrogens is 3. The Morgan fingerprint density at radius 1 is 1.30 bits per heavy atom. The molecule has 0 aliphatic rings. The summed E-state index contributed by atoms with van der Waals surface area (Å²) in [7, 11) is 0. The maximum atomic E-state index is 11.1. The van der Waals surface area contributed by atoms with E-state index in [0.29, 0.717) is 5.82 Å². The first kappa shape index (κ1) is 12.2. The van der Waals surface area contributed by atoms with Crippen LogP contribution < -0.4 is 11.1 Å². The van der Waals surface area contributed by atoms with Crippen LogP contribution in [0.1, 0.15) is 6.92 Å². The SMILES string of the molecule is CC(=O)Nc1cccc(-c2cnc3ccc(N)nn23)c1. The molecule has 3 N–H and O–H groups in total. The van der Waals surface area contributed by atoms with Gasteiger partial charge in [-0.2, -0.15) is 0 Å². The van der Waals surface area contributed by atoms with E-state index in [9.17, 15) is 4.79 Å². The van der Waals surface area contributed by atoms with Crippen molar-refractivity contribution >= 4 is 23.1 Å². The highest BCUT2D eigenvalue weighted by Crippen LogP contribution is 2.23. The molecule has 100 valence electrons. The van der Waals surface area contributed by atoms with Crippen LogP contribution in [0.2, 0.25) is 0 Å². The van der Waals surface area contributed by atoms with Crippen molar-refractivity contribution in [3.63, 3.8) is 0 Å². The first-order chi connectivity index (χ1) is 9.63. The fraction of sp³-hybridized carbons (Fsp3) is 0.0714. The van der Waals surface area contributed by atoms with E-state index in [2.05, 4.69) is 15.4 Å². The topological polar surface area (TPSA) is 85.3 Å². The number of anilines is 2. The summed E-state index contributed by atoms with van der Waals surface area (Å²) < 4.78 is 1.68. The van der Waals surface area contributed by atoms with Crippen molar-refractivity contribution in [3.8, 4) is 11.3 Å². The highest BCUT2D eigenvalue weighted by Gasteiger charge is 2.08. The van der Waals surface area contributed by atoms with Crippen molar-refractivity contribution in [1.29, 1.82) is 0 Å². The quantitative estimate of drug-likeness (QED) is 0.743. The van der Waals surface area contributed by atoms with E-state index in [1.165, 1.54) is 6.92 Å². The summed E-state index contributed by atoms with van der Waals surface area (Å²) in [5, 5.41) is 7.00. The summed E-state index contributed by atoms with van der Waals surface area (Å²) in [5.41, 5.74) is 8.88. The van der Waals surface area contributed by atoms with Gasteiger partial charge in [-0.1, -0.05) is 12.1 Å². The van der Waals surface area contributed by atoms with E-state index in [1.54, 1.807) is 16.8 Å². The molecule has 2 heterocycles. The second-order valence-corrected chi connectivity index (χ2v) is 4.43. The van der Waals surface area contributed by atoms with Gasteiger partial charge in [0.25, 0.3) is 0 Å². The predicted molar refractivity (Wildman–Crippen MR) is 77.1 cm³/mol. The second kappa shape index (κ2) is 4.65. The van der Waals surface area contributed by atoms with Gasteiger partial charge in [-0.3, -0.25) is 4.79 Å². The van der Waals surface area contributed by atoms with Gasteiger partial charge in [0.05, 0.1) is 11.9 Å². The van der Waals surface area contributed by atoms with Gasteiger partial charge in [-0.05, 0) is 24.3 Å². The summed E-state index contributed by atoms with van der Waals surface area (Å²) in [6.07, 6.45) is 1.73. The molecule has 3 rings (SSSR count). The number of benzene rings is 1. The number of imidazole rings is 1. The van der Waals surface area contributed by atoms with Crippen molar-refractivity contribution in [3.05, 3.63) is 42.6 Å². The van der Waals surface area contributed by atoms with Crippen LogP contribution in [0.5, 0.6) is 0 Å². The van der Waals surface area contributed by atoms with Crippen LogP contribution in [0.3, 0.4) is 0 Å². The van der Waals surface area contributed by atoms with Crippen molar-refractivity contribution in [1.82, 2.24) is 14.6 Å². The largest absolute Gasteiger partial charge is 0.382 e. The molecule has 1 aromatic carbocycles. The lowest BCUT2D eigenvalue weighted by molar-refractivity contribution is -0.114. The van der Waals surface area contributed by atoms with Gasteiger partial charge in [0.2, 0.25) is 5.91 Å². The van der Waals surface area contributed by atoms with Gasteiger partial charge in [0.1, 0.15) is 5.82 Å². The summed E-state index contributed by atoms with van der Waals surface area (Å²) in [6.45, 7) is 1.48. The number of fused-ring (bicyclic) bond motifs is 1. The molecule has 6 heteroatoms. The maximum Gasteiger partial charge on any atom is 0.221 e. The van der Waals surface area contributed by atoms with Crippen LogP contribution >= 0.6 is 0 Å². The first-order valence-corrected chi connectivity index (χ1v) is 6.12. The molecule has 0 radical (unpaired) electrons. The lowest BCUT2D eigenvalue weighted by atomic mass is 10.1. The van der Waals surface area contributed by atoms with E-state index in [0.717, 1.165) is 22.6 Å². The van der Waals surface area contributed by atoms with Crippen molar-refractivity contribution in [2.75, 3.05) is 11.1 Å². The highest BCUT2D eigenvalue weighted by molar-refractivity contribution is 5.89. The Balaban J connectivity index is 2.11. The van der Waals surface area contributed by atoms with Gasteiger partial charge in [-0.15, -0.1) is 5.10 Å². The number of hydrogen-bond donors (Lipinski definition) is 2. The van der Waals surface area contributed by atoms with E-state index < -0.39 is 0 Å². The smallest absolute Gasteiger partial charge is 0.221 e. The molecule has 0 aliphatic carbocycles. The van der Waals surface area contributed by atoms with Crippen molar-refractivity contribution in [2.24, 2.45) is 0 Å². The number of hydrogen-bond acceptors (Lipinski definition) is 4. The van der Waals surface area contributed by atoms with Crippen LogP contribution in [-0.4, -0.2) is 20.5 Å². The molecule has 6 nitrogen and oxygen atoms in total. The highest BCUT2D eigenvalue weighted by atomic mass is 16.1. The number of nitrogens with one attached hydrogen (secondary N) is 1. The number of carbonyl (C=O) groups excluding carboxylic acids is 1. The van der Waals surface area contributed by atoms with E-state index >= 15 is 0 Å². The number of nitrogens with zero attached hydrogens (tertiary/aromatic N) is 3. The lowest BCUT2D eigenvalue weighted by Crippen LogP contribution is -2.05. The van der Waals surface area contributed by atoms with Crippen LogP contribution in [0.4, 0.5) is 11.5 Å². The molecule has 0 saturated heterocycles. The first-order valence-electron chi connectivity index (χ1n) is 6.12. The Morgan fingerprint density at radius 2 is 2.15 bits per heavy atom. The van der Waals surface area contributed by atoms with Crippen LogP contribution in [-0.2, 0) is 4.79 Å². The van der Waals surface area contributed by atoms with Gasteiger partial charge in [0, 0.05) is 18.2 Å². The molecule has 0 unspecified atom stereocenters. The van der Waals surface area contributed by atoms with Gasteiger partial charge in [-0.25, -0.2) is 9.50 Å². The van der Waals surface area contributed by atoms with Crippen LogP contribution in [0, 0.1) is 0 Å². The Hall–Kier alpha value is -2.89. The minimum absolute atomic E-state index is 0.109. The lowest BCUT2D eigenvalue weighted by Gasteiger charge is -2.05. The molecule has 2 aromatic heterocycles. The molecule has 0 spiro atoms. The minimum Gasteiger partial charge on any atom is -0.382 e. The molecular formula is C14H13N5O. The second-order valence-electron chi connectivity index (χ2n) is 4.43. The number of carbonyl (C=O) groups is 1. The maximum absolute atomic E-state index is 11.1. The zero-order valence-corrected chi connectivity index (χ0v) is 10.9. The third kappa shape index (κ3) is 2.18. The zero-order chi connectivity index (χ0) is 14.1. The average Bonchev–Trinajstić information content (AvgIpc) is 2.81. The average molecular weight is 267 g/mol. The zero-order valence-electron chi connectivity index (χ0n) is 10.9. The van der Waals surface area contributed by atoms with E-state index in [-0.39, 0.29) is 5.91 Å². The Labute approximate surface area is 115 Å². The molecule has 0 bridgehead atoms. The number of nitrogens with two attached hydrogens (primary N) is 1. The van der Waals surface area contributed by atoms with Gasteiger partial charge in [0.15, 0.2) is 5.65 Å². The van der Waals surface area contributed by atoms with Crippen molar-refractivity contribution in [2.45, 2.75) is 6.92 Å². The summed E-state index contributed by atoms with van der Waals surface area (Å²) in [6, 6.07) is 11.0. The standard InChI is InChI=1S/C14H13N5O/c1-9(20)17-11-4-2-3-10(7-11)12-8-16-14-6-5-13(15)18-19(12)14/h2-8H,1H3,(H2,15,18)(H,17,20). The summed E-state index contributed by atoms with van der Waals surface area (Å²) in [4.78, 5) is 15.4. The molecule has 0 fully saturated rings. The number of rotatable bonds is 2. The molecule has 1 amide bonds. The fourth-order valence-electron chi connectivity index (χ4n) is 2.04. The van der Waals surface area contributed by atoms with Crippen LogP contribution in [0.15, 0.2) is 42.6 Å². The molecule has 0 saturated carbocycles. The Morgan fingerprint density at radius 3 is 2.95 bits per heavy atom. The third-order valence-electron chi connectivity index (χ3n) is 2.86. The van der Waals surface area contributed by atoms with Gasteiger partial charge >= 0.3 is 0 Å². The number of nitrogen functional groups attached to an aromatic ring is 1. The molecule has 0 atom stereocenters. The summed E-state index contributed by atoms with van der Waals surface area (Å²) >= 11 is 0. The molecular weight excluding hydrogens is 254 g/mol. The Bertz CT molecular complexity index is 793. The normalized spacial score (nSPS) is 10.7. The van der Waals surface area contributed by atoms with Crippen molar-refractivity contribution < 1.29 is 4.79 Å². The molecule has 3 aromatic rings. The third-order valence-corrected chi connectivity index (χ3v) is 2.86. The predicted octanol–water partition coefficient (Wildman–Crippen LogP) is 1.94. The number of amides is 1. The fourth-order valence-corrected chi connectivity index (χ4v) is 2.04. The van der Waals surface area contributed by atoms with E-state index in [4.69, 9.17) is 5.73 Å².